The lowest BCUT2D eigenvalue weighted by molar-refractivity contribution is -0.117. The number of phenolic OH excluding ortho intramolecular Hbond substituents is 1. The molecule has 3 aromatic rings. The van der Waals surface area contributed by atoms with Gasteiger partial charge in [0.05, 0.1) is 20.4 Å². The molecule has 178 valence electrons. The van der Waals surface area contributed by atoms with Gasteiger partial charge in [-0.2, -0.15) is 5.10 Å². The summed E-state index contributed by atoms with van der Waals surface area (Å²) in [4.78, 5) is 25.4. The molecule has 0 atom stereocenters. The van der Waals surface area contributed by atoms with Crippen LogP contribution in [0.5, 0.6) is 17.2 Å². The minimum atomic E-state index is -0.624. The predicted molar refractivity (Wildman–Crippen MR) is 134 cm³/mol. The number of hydrogen-bond donors (Lipinski definition) is 3. The van der Waals surface area contributed by atoms with Gasteiger partial charge in [-0.1, -0.05) is 60.7 Å². The molecule has 0 radical (unpaired) electrons. The Bertz CT molecular complexity index is 1230. The molecular weight excluding hydrogens is 446 g/mol. The van der Waals surface area contributed by atoms with Crippen LogP contribution in [0.15, 0.2) is 95.7 Å². The number of phenols is 1. The van der Waals surface area contributed by atoms with E-state index in [4.69, 9.17) is 9.47 Å². The molecule has 0 aromatic heterocycles. The molecule has 0 aliphatic carbocycles. The fraction of sp³-hybridized carbons (Fsp3) is 0.0741. The van der Waals surface area contributed by atoms with E-state index in [1.54, 1.807) is 42.5 Å². The number of amides is 2. The molecule has 8 nitrogen and oxygen atoms in total. The fourth-order valence-corrected chi connectivity index (χ4v) is 2.99. The number of carbonyl (C=O) groups excluding carboxylic acids is 2. The Balaban J connectivity index is 1.78. The first-order valence-electron chi connectivity index (χ1n) is 10.6. The van der Waals surface area contributed by atoms with Crippen molar-refractivity contribution in [3.05, 3.63) is 107 Å². The average molecular weight is 472 g/mol. The maximum Gasteiger partial charge on any atom is 0.287 e. The van der Waals surface area contributed by atoms with Crippen LogP contribution in [0.1, 0.15) is 21.5 Å². The summed E-state index contributed by atoms with van der Waals surface area (Å²) in [7, 11) is 2.82. The van der Waals surface area contributed by atoms with Crippen LogP contribution < -0.4 is 20.2 Å². The van der Waals surface area contributed by atoms with E-state index in [0.717, 1.165) is 5.56 Å². The van der Waals surface area contributed by atoms with Crippen molar-refractivity contribution in [1.82, 2.24) is 10.7 Å². The molecule has 0 aliphatic heterocycles. The van der Waals surface area contributed by atoms with E-state index >= 15 is 0 Å². The molecule has 0 spiro atoms. The van der Waals surface area contributed by atoms with Gasteiger partial charge in [0.1, 0.15) is 5.70 Å². The maximum absolute atomic E-state index is 12.8. The van der Waals surface area contributed by atoms with E-state index in [2.05, 4.69) is 15.8 Å². The van der Waals surface area contributed by atoms with E-state index in [-0.39, 0.29) is 22.9 Å². The third kappa shape index (κ3) is 7.06. The summed E-state index contributed by atoms with van der Waals surface area (Å²) >= 11 is 0. The second kappa shape index (κ2) is 12.4. The van der Waals surface area contributed by atoms with E-state index in [1.165, 1.54) is 38.6 Å². The van der Waals surface area contributed by atoms with Crippen molar-refractivity contribution in [2.24, 2.45) is 5.10 Å². The summed E-state index contributed by atoms with van der Waals surface area (Å²) in [5, 5.41) is 16.6. The molecule has 0 saturated heterocycles. The third-order valence-electron chi connectivity index (χ3n) is 4.76. The Kier molecular flexibility index (Phi) is 8.79. The van der Waals surface area contributed by atoms with Crippen molar-refractivity contribution >= 4 is 24.1 Å². The van der Waals surface area contributed by atoms with Crippen molar-refractivity contribution in [3.8, 4) is 17.2 Å². The molecular formula is C27H25N3O5. The van der Waals surface area contributed by atoms with Crippen molar-refractivity contribution in [2.45, 2.75) is 0 Å². The summed E-state index contributed by atoms with van der Waals surface area (Å²) < 4.78 is 10.2. The number of rotatable bonds is 9. The highest BCUT2D eigenvalue weighted by molar-refractivity contribution is 6.03. The van der Waals surface area contributed by atoms with Gasteiger partial charge in [-0.05, 0) is 35.9 Å². The van der Waals surface area contributed by atoms with Gasteiger partial charge in [0.15, 0.2) is 11.5 Å². The largest absolute Gasteiger partial charge is 0.502 e. The standard InChI is InChI=1S/C27H25N3O5/c1-34-23-16-20(17-24(35-2)25(23)31)18-28-30-27(33)22(15-9-12-19-10-5-3-6-11-19)29-26(32)21-13-7-4-8-14-21/h3-18,31H,1-2H3,(H,29,32)(H,30,33)/b12-9+,22-15+,28-18+. The quantitative estimate of drug-likeness (QED) is 0.190. The molecule has 8 heteroatoms. The third-order valence-corrected chi connectivity index (χ3v) is 4.76. The monoisotopic (exact) mass is 471 g/mol. The second-order valence-electron chi connectivity index (χ2n) is 7.14. The van der Waals surface area contributed by atoms with E-state index in [0.29, 0.717) is 11.1 Å². The number of benzene rings is 3. The number of carbonyl (C=O) groups is 2. The molecule has 0 unspecified atom stereocenters. The van der Waals surface area contributed by atoms with Crippen molar-refractivity contribution in [2.75, 3.05) is 14.2 Å². The zero-order valence-electron chi connectivity index (χ0n) is 19.3. The van der Waals surface area contributed by atoms with Gasteiger partial charge < -0.3 is 19.9 Å². The minimum Gasteiger partial charge on any atom is -0.502 e. The van der Waals surface area contributed by atoms with Gasteiger partial charge in [0.2, 0.25) is 5.75 Å². The average Bonchev–Trinajstić information content (AvgIpc) is 2.89. The lowest BCUT2D eigenvalue weighted by atomic mass is 10.2. The lowest BCUT2D eigenvalue weighted by Gasteiger charge is -2.10. The predicted octanol–water partition coefficient (Wildman–Crippen LogP) is 3.89. The van der Waals surface area contributed by atoms with Gasteiger partial charge in [-0.25, -0.2) is 5.43 Å². The number of aromatic hydroxyl groups is 1. The van der Waals surface area contributed by atoms with Crippen molar-refractivity contribution < 1.29 is 24.2 Å². The topological polar surface area (TPSA) is 109 Å². The van der Waals surface area contributed by atoms with Gasteiger partial charge >= 0.3 is 0 Å². The zero-order chi connectivity index (χ0) is 25.0. The Morgan fingerprint density at radius 2 is 1.49 bits per heavy atom. The van der Waals surface area contributed by atoms with Crippen molar-refractivity contribution in [3.63, 3.8) is 0 Å². The molecule has 0 bridgehead atoms. The summed E-state index contributed by atoms with van der Waals surface area (Å²) in [6, 6.07) is 21.2. The van der Waals surface area contributed by atoms with Crippen LogP contribution in [0.3, 0.4) is 0 Å². The van der Waals surface area contributed by atoms with Crippen LogP contribution >= 0.6 is 0 Å². The Morgan fingerprint density at radius 1 is 0.886 bits per heavy atom. The fourth-order valence-electron chi connectivity index (χ4n) is 2.99. The second-order valence-corrected chi connectivity index (χ2v) is 7.14. The number of hydrazone groups is 1. The van der Waals surface area contributed by atoms with Gasteiger partial charge in [0.25, 0.3) is 11.8 Å². The molecule has 2 amide bonds. The SMILES string of the molecule is COc1cc(/C=N/NC(=O)/C(=C\C=C\c2ccccc2)NC(=O)c2ccccc2)cc(OC)c1O. The molecule has 0 fully saturated rings. The maximum atomic E-state index is 12.8. The number of allylic oxidation sites excluding steroid dienone is 2. The highest BCUT2D eigenvalue weighted by atomic mass is 16.5. The van der Waals surface area contributed by atoms with Crippen LogP contribution in [-0.4, -0.2) is 37.4 Å². The van der Waals surface area contributed by atoms with Crippen LogP contribution in [0.2, 0.25) is 0 Å². The highest BCUT2D eigenvalue weighted by Crippen LogP contribution is 2.36. The molecule has 0 saturated carbocycles. The lowest BCUT2D eigenvalue weighted by Crippen LogP contribution is -2.32. The Labute approximate surface area is 203 Å². The zero-order valence-corrected chi connectivity index (χ0v) is 19.3. The minimum absolute atomic E-state index is 0.00375. The first-order valence-corrected chi connectivity index (χ1v) is 10.6. The molecule has 3 rings (SSSR count). The smallest absolute Gasteiger partial charge is 0.287 e. The van der Waals surface area contributed by atoms with Crippen LogP contribution in [0.25, 0.3) is 6.08 Å². The van der Waals surface area contributed by atoms with Crippen LogP contribution in [0.4, 0.5) is 0 Å². The first-order chi connectivity index (χ1) is 17.0. The van der Waals surface area contributed by atoms with Crippen molar-refractivity contribution in [1.29, 1.82) is 0 Å². The van der Waals surface area contributed by atoms with E-state index < -0.39 is 11.8 Å². The Morgan fingerprint density at radius 3 is 2.09 bits per heavy atom. The highest BCUT2D eigenvalue weighted by Gasteiger charge is 2.14. The van der Waals surface area contributed by atoms with Crippen LogP contribution in [-0.2, 0) is 4.79 Å². The van der Waals surface area contributed by atoms with Crippen LogP contribution in [0, 0.1) is 0 Å². The van der Waals surface area contributed by atoms with E-state index in [1.807, 2.05) is 30.3 Å². The summed E-state index contributed by atoms with van der Waals surface area (Å²) in [6.07, 6.45) is 6.32. The number of methoxy groups -OCH3 is 2. The summed E-state index contributed by atoms with van der Waals surface area (Å²) in [6.45, 7) is 0. The van der Waals surface area contributed by atoms with Gasteiger partial charge in [-0.15, -0.1) is 0 Å². The molecule has 0 heterocycles. The molecule has 35 heavy (non-hydrogen) atoms. The normalized spacial score (nSPS) is 11.4. The molecule has 3 aromatic carbocycles. The Hall–Kier alpha value is -4.85. The summed E-state index contributed by atoms with van der Waals surface area (Å²) in [5.74, 6) is -0.814. The number of ether oxygens (including phenoxy) is 2. The molecule has 0 aliphatic rings. The number of hydrogen-bond acceptors (Lipinski definition) is 6. The van der Waals surface area contributed by atoms with Gasteiger partial charge in [-0.3, -0.25) is 9.59 Å². The number of nitrogens with one attached hydrogen (secondary N) is 2. The summed E-state index contributed by atoms with van der Waals surface area (Å²) in [5.41, 5.74) is 4.26. The molecule has 3 N–H and O–H groups in total. The number of nitrogens with zero attached hydrogens (tertiary/aromatic N) is 1. The first kappa shape index (κ1) is 24.8. The van der Waals surface area contributed by atoms with Gasteiger partial charge in [0, 0.05) is 11.1 Å². The van der Waals surface area contributed by atoms with E-state index in [9.17, 15) is 14.7 Å².